The number of furan rings is 1. The van der Waals surface area contributed by atoms with Crippen LogP contribution in [0.3, 0.4) is 0 Å². The standard InChI is InChI=1S/C20H19N3O3S/c1-11-8-9-16(26-11)18-13(10-21)20(27)22-12(2)17(18)19(24)23-14-6-4-5-7-15(14)25-3/h4-9,18,22,27H,1-3H3,(H,23,24). The Morgan fingerprint density at radius 1 is 1.30 bits per heavy atom. The number of dihydropyridines is 1. The molecular weight excluding hydrogens is 362 g/mol. The molecule has 1 aliphatic rings. The van der Waals surface area contributed by atoms with E-state index in [9.17, 15) is 10.1 Å². The van der Waals surface area contributed by atoms with Gasteiger partial charge in [-0.15, -0.1) is 12.6 Å². The number of carbonyl (C=O) groups is 1. The molecule has 27 heavy (non-hydrogen) atoms. The molecule has 7 heteroatoms. The van der Waals surface area contributed by atoms with Crippen molar-refractivity contribution in [1.29, 1.82) is 5.26 Å². The molecular formula is C20H19N3O3S. The van der Waals surface area contributed by atoms with E-state index in [1.165, 1.54) is 7.11 Å². The fourth-order valence-electron chi connectivity index (χ4n) is 3.06. The molecule has 3 rings (SSSR count). The van der Waals surface area contributed by atoms with Crippen molar-refractivity contribution < 1.29 is 13.9 Å². The fourth-order valence-corrected chi connectivity index (χ4v) is 3.41. The van der Waals surface area contributed by atoms with Crippen molar-refractivity contribution in [2.24, 2.45) is 0 Å². The maximum Gasteiger partial charge on any atom is 0.254 e. The molecule has 1 amide bonds. The van der Waals surface area contributed by atoms with Gasteiger partial charge in [-0.1, -0.05) is 12.1 Å². The topological polar surface area (TPSA) is 87.3 Å². The molecule has 1 aromatic carbocycles. The number of nitrogens with zero attached hydrogens (tertiary/aromatic N) is 1. The van der Waals surface area contributed by atoms with Crippen LogP contribution in [-0.2, 0) is 4.79 Å². The van der Waals surface area contributed by atoms with Gasteiger partial charge in [0.1, 0.15) is 17.3 Å². The number of nitriles is 1. The molecule has 0 aliphatic carbocycles. The van der Waals surface area contributed by atoms with Gasteiger partial charge >= 0.3 is 0 Å². The highest BCUT2D eigenvalue weighted by atomic mass is 32.1. The van der Waals surface area contributed by atoms with Crippen LogP contribution in [0.5, 0.6) is 5.75 Å². The Bertz CT molecular complexity index is 998. The second-order valence-corrected chi connectivity index (χ2v) is 6.52. The van der Waals surface area contributed by atoms with E-state index in [0.717, 1.165) is 0 Å². The summed E-state index contributed by atoms with van der Waals surface area (Å²) >= 11 is 4.37. The number of carbonyl (C=O) groups excluding carboxylic acids is 1. The van der Waals surface area contributed by atoms with E-state index < -0.39 is 5.92 Å². The Kier molecular flexibility index (Phi) is 5.28. The number of rotatable bonds is 4. The number of benzene rings is 1. The number of ether oxygens (including phenoxy) is 1. The minimum absolute atomic E-state index is 0.323. The van der Waals surface area contributed by atoms with Crippen LogP contribution in [0, 0.1) is 18.3 Å². The molecule has 2 aromatic rings. The number of hydrogen-bond donors (Lipinski definition) is 3. The van der Waals surface area contributed by atoms with E-state index in [-0.39, 0.29) is 5.91 Å². The second kappa shape index (κ2) is 7.64. The monoisotopic (exact) mass is 381 g/mol. The van der Waals surface area contributed by atoms with Gasteiger partial charge in [0, 0.05) is 5.70 Å². The highest BCUT2D eigenvalue weighted by molar-refractivity contribution is 7.84. The van der Waals surface area contributed by atoms with Crippen molar-refractivity contribution in [1.82, 2.24) is 5.32 Å². The molecule has 138 valence electrons. The first-order valence-corrected chi connectivity index (χ1v) is 8.72. The van der Waals surface area contributed by atoms with Crippen LogP contribution in [0.2, 0.25) is 0 Å². The highest BCUT2D eigenvalue weighted by Gasteiger charge is 2.35. The third-order valence-electron chi connectivity index (χ3n) is 4.31. The van der Waals surface area contributed by atoms with E-state index in [4.69, 9.17) is 9.15 Å². The van der Waals surface area contributed by atoms with E-state index in [2.05, 4.69) is 29.3 Å². The number of allylic oxidation sites excluding steroid dienone is 2. The maximum absolute atomic E-state index is 13.1. The maximum atomic E-state index is 13.1. The van der Waals surface area contributed by atoms with Crippen LogP contribution < -0.4 is 15.4 Å². The lowest BCUT2D eigenvalue weighted by atomic mass is 9.85. The zero-order chi connectivity index (χ0) is 19.6. The molecule has 0 saturated heterocycles. The Morgan fingerprint density at radius 2 is 2.04 bits per heavy atom. The summed E-state index contributed by atoms with van der Waals surface area (Å²) in [6, 6.07) is 12.8. The molecule has 1 aromatic heterocycles. The molecule has 1 atom stereocenters. The van der Waals surface area contributed by atoms with Gasteiger partial charge in [0.05, 0.1) is 41.0 Å². The Balaban J connectivity index is 2.04. The third-order valence-corrected chi connectivity index (χ3v) is 4.66. The number of aryl methyl sites for hydroxylation is 1. The molecule has 2 N–H and O–H groups in total. The predicted octanol–water partition coefficient (Wildman–Crippen LogP) is 3.86. The zero-order valence-electron chi connectivity index (χ0n) is 15.2. The quantitative estimate of drug-likeness (QED) is 0.700. The van der Waals surface area contributed by atoms with Crippen molar-refractivity contribution >= 4 is 24.2 Å². The van der Waals surface area contributed by atoms with Gasteiger partial charge in [-0.2, -0.15) is 5.26 Å². The summed E-state index contributed by atoms with van der Waals surface area (Å²) in [4.78, 5) is 13.1. The number of methoxy groups -OCH3 is 1. The van der Waals surface area contributed by atoms with Crippen molar-refractivity contribution in [2.45, 2.75) is 19.8 Å². The zero-order valence-corrected chi connectivity index (χ0v) is 16.1. The summed E-state index contributed by atoms with van der Waals surface area (Å²) in [5.41, 5.74) is 1.86. The molecule has 2 heterocycles. The molecule has 0 fully saturated rings. The van der Waals surface area contributed by atoms with Crippen LogP contribution in [0.15, 0.2) is 62.7 Å². The normalized spacial score (nSPS) is 16.6. The number of para-hydroxylation sites is 2. The first-order chi connectivity index (χ1) is 13.0. The van der Waals surface area contributed by atoms with Crippen molar-refractivity contribution in [3.05, 3.63) is 69.8 Å². The molecule has 0 spiro atoms. The molecule has 1 unspecified atom stereocenters. The summed E-state index contributed by atoms with van der Waals surface area (Å²) < 4.78 is 11.0. The average Bonchev–Trinajstić information content (AvgIpc) is 3.07. The third kappa shape index (κ3) is 3.57. The number of hydrogen-bond acceptors (Lipinski definition) is 6. The van der Waals surface area contributed by atoms with E-state index in [1.807, 2.05) is 13.0 Å². The minimum Gasteiger partial charge on any atom is -0.495 e. The summed E-state index contributed by atoms with van der Waals surface area (Å²) in [6.07, 6.45) is 0. The Labute approximate surface area is 162 Å². The van der Waals surface area contributed by atoms with Crippen molar-refractivity contribution in [3.63, 3.8) is 0 Å². The number of thiol groups is 1. The Morgan fingerprint density at radius 3 is 2.67 bits per heavy atom. The first-order valence-electron chi connectivity index (χ1n) is 8.28. The van der Waals surface area contributed by atoms with Gasteiger partial charge in [-0.05, 0) is 38.1 Å². The largest absolute Gasteiger partial charge is 0.495 e. The van der Waals surface area contributed by atoms with Gasteiger partial charge in [0.15, 0.2) is 0 Å². The first kappa shape index (κ1) is 18.7. The molecule has 0 radical (unpaired) electrons. The summed E-state index contributed by atoms with van der Waals surface area (Å²) in [7, 11) is 1.54. The lowest BCUT2D eigenvalue weighted by Gasteiger charge is -2.27. The summed E-state index contributed by atoms with van der Waals surface area (Å²) in [5.74, 6) is 0.763. The van der Waals surface area contributed by atoms with Gasteiger partial charge in [0.25, 0.3) is 5.91 Å². The van der Waals surface area contributed by atoms with Crippen molar-refractivity contribution in [3.8, 4) is 11.8 Å². The van der Waals surface area contributed by atoms with E-state index in [0.29, 0.717) is 44.8 Å². The van der Waals surface area contributed by atoms with Crippen LogP contribution in [0.25, 0.3) is 0 Å². The second-order valence-electron chi connectivity index (χ2n) is 6.07. The van der Waals surface area contributed by atoms with Crippen molar-refractivity contribution in [2.75, 3.05) is 12.4 Å². The molecule has 1 aliphatic heterocycles. The Hall–Kier alpha value is -3.11. The van der Waals surface area contributed by atoms with Gasteiger partial charge < -0.3 is 19.8 Å². The van der Waals surface area contributed by atoms with Gasteiger partial charge in [-0.25, -0.2) is 0 Å². The fraction of sp³-hybridized carbons (Fsp3) is 0.200. The van der Waals surface area contributed by atoms with E-state index >= 15 is 0 Å². The lowest BCUT2D eigenvalue weighted by Crippen LogP contribution is -2.30. The average molecular weight is 381 g/mol. The molecule has 0 bridgehead atoms. The summed E-state index contributed by atoms with van der Waals surface area (Å²) in [5, 5.41) is 15.9. The predicted molar refractivity (Wildman–Crippen MR) is 105 cm³/mol. The van der Waals surface area contributed by atoms with Crippen LogP contribution in [-0.4, -0.2) is 13.0 Å². The number of nitrogens with one attached hydrogen (secondary N) is 2. The van der Waals surface area contributed by atoms with Crippen LogP contribution >= 0.6 is 12.6 Å². The number of amides is 1. The SMILES string of the molecule is COc1ccccc1NC(=O)C1=C(C)NC(S)=C(C#N)C1c1ccc(C)o1. The van der Waals surface area contributed by atoms with Gasteiger partial charge in [0.2, 0.25) is 0 Å². The minimum atomic E-state index is -0.646. The summed E-state index contributed by atoms with van der Waals surface area (Å²) in [6.45, 7) is 3.58. The van der Waals surface area contributed by atoms with Gasteiger partial charge in [-0.3, -0.25) is 4.79 Å². The van der Waals surface area contributed by atoms with E-state index in [1.54, 1.807) is 37.3 Å². The highest BCUT2D eigenvalue weighted by Crippen LogP contribution is 2.40. The molecule has 6 nitrogen and oxygen atoms in total. The molecule has 0 saturated carbocycles. The van der Waals surface area contributed by atoms with Crippen LogP contribution in [0.1, 0.15) is 24.4 Å². The smallest absolute Gasteiger partial charge is 0.254 e. The van der Waals surface area contributed by atoms with Crippen LogP contribution in [0.4, 0.5) is 5.69 Å². The number of anilines is 1. The lowest BCUT2D eigenvalue weighted by molar-refractivity contribution is -0.113.